The number of aryl methyl sites for hydroxylation is 1. The molecule has 0 unspecified atom stereocenters. The van der Waals surface area contributed by atoms with E-state index in [2.05, 4.69) is 4.98 Å². The molecule has 0 fully saturated rings. The lowest BCUT2D eigenvalue weighted by molar-refractivity contribution is -0.0209. The lowest BCUT2D eigenvalue weighted by Gasteiger charge is -2.18. The van der Waals surface area contributed by atoms with Gasteiger partial charge in [0.15, 0.2) is 0 Å². The van der Waals surface area contributed by atoms with Gasteiger partial charge in [-0.15, -0.1) is 11.3 Å². The van der Waals surface area contributed by atoms with E-state index in [1.165, 1.54) is 0 Å². The average Bonchev–Trinajstić information content (AvgIpc) is 2.36. The normalized spacial score (nSPS) is 12.0. The standard InChI is InChI=1S/C7H12N2OS/c1-5-9-4-6(11-5)7(2,3)10-8/h4H,8H2,1-3H3. The summed E-state index contributed by atoms with van der Waals surface area (Å²) in [5.41, 5.74) is -0.411. The molecule has 0 aliphatic carbocycles. The second kappa shape index (κ2) is 2.89. The van der Waals surface area contributed by atoms with Crippen LogP contribution in [0.25, 0.3) is 0 Å². The van der Waals surface area contributed by atoms with Crippen molar-refractivity contribution in [2.24, 2.45) is 5.90 Å². The number of nitrogens with two attached hydrogens (primary N) is 1. The Morgan fingerprint density at radius 1 is 1.64 bits per heavy atom. The van der Waals surface area contributed by atoms with E-state index >= 15 is 0 Å². The second-order valence-corrected chi connectivity index (χ2v) is 4.11. The predicted octanol–water partition coefficient (Wildman–Crippen LogP) is 1.58. The Kier molecular flexibility index (Phi) is 2.27. The molecule has 0 saturated carbocycles. The topological polar surface area (TPSA) is 48.1 Å². The van der Waals surface area contributed by atoms with Crippen LogP contribution in [0.3, 0.4) is 0 Å². The summed E-state index contributed by atoms with van der Waals surface area (Å²) in [5.74, 6) is 5.13. The van der Waals surface area contributed by atoms with Crippen molar-refractivity contribution >= 4 is 11.3 Å². The average molecular weight is 172 g/mol. The van der Waals surface area contributed by atoms with Gasteiger partial charge in [0, 0.05) is 6.20 Å². The van der Waals surface area contributed by atoms with Crippen LogP contribution in [0.15, 0.2) is 6.20 Å². The largest absolute Gasteiger partial charge is 0.293 e. The summed E-state index contributed by atoms with van der Waals surface area (Å²) in [6.07, 6.45) is 1.80. The molecule has 0 aromatic carbocycles. The fourth-order valence-corrected chi connectivity index (χ4v) is 1.52. The molecule has 2 N–H and O–H groups in total. The van der Waals surface area contributed by atoms with Gasteiger partial charge < -0.3 is 0 Å². The van der Waals surface area contributed by atoms with Crippen molar-refractivity contribution in [1.82, 2.24) is 4.98 Å². The molecule has 62 valence electrons. The van der Waals surface area contributed by atoms with Gasteiger partial charge >= 0.3 is 0 Å². The van der Waals surface area contributed by atoms with Crippen molar-refractivity contribution in [3.05, 3.63) is 16.1 Å². The molecule has 3 nitrogen and oxygen atoms in total. The first-order valence-electron chi connectivity index (χ1n) is 3.37. The minimum absolute atomic E-state index is 0.411. The van der Waals surface area contributed by atoms with Gasteiger partial charge in [-0.1, -0.05) is 0 Å². The highest BCUT2D eigenvalue weighted by molar-refractivity contribution is 7.11. The highest BCUT2D eigenvalue weighted by Crippen LogP contribution is 2.27. The summed E-state index contributed by atoms with van der Waals surface area (Å²) in [5, 5.41) is 1.03. The number of rotatable bonds is 2. The van der Waals surface area contributed by atoms with Crippen LogP contribution in [-0.2, 0) is 10.4 Å². The van der Waals surface area contributed by atoms with Crippen molar-refractivity contribution in [3.8, 4) is 0 Å². The molecule has 0 aliphatic heterocycles. The lowest BCUT2D eigenvalue weighted by atomic mass is 10.1. The summed E-state index contributed by atoms with van der Waals surface area (Å²) in [4.78, 5) is 9.97. The molecular weight excluding hydrogens is 160 g/mol. The second-order valence-electron chi connectivity index (χ2n) is 2.87. The van der Waals surface area contributed by atoms with Gasteiger partial charge in [0.25, 0.3) is 0 Å². The maximum Gasteiger partial charge on any atom is 0.119 e. The maximum absolute atomic E-state index is 5.13. The Hall–Kier alpha value is -0.450. The quantitative estimate of drug-likeness (QED) is 0.689. The van der Waals surface area contributed by atoms with Gasteiger partial charge in [0.2, 0.25) is 0 Å². The van der Waals surface area contributed by atoms with Crippen LogP contribution in [0.2, 0.25) is 0 Å². The van der Waals surface area contributed by atoms with Crippen molar-refractivity contribution in [2.45, 2.75) is 26.4 Å². The zero-order valence-electron chi connectivity index (χ0n) is 6.92. The summed E-state index contributed by atoms with van der Waals surface area (Å²) >= 11 is 1.60. The number of aromatic nitrogens is 1. The molecule has 0 saturated heterocycles. The van der Waals surface area contributed by atoms with E-state index in [9.17, 15) is 0 Å². The zero-order valence-corrected chi connectivity index (χ0v) is 7.73. The number of hydrogen-bond donors (Lipinski definition) is 1. The molecule has 1 aromatic rings. The number of nitrogens with zero attached hydrogens (tertiary/aromatic N) is 1. The van der Waals surface area contributed by atoms with Crippen molar-refractivity contribution in [3.63, 3.8) is 0 Å². The van der Waals surface area contributed by atoms with Crippen LogP contribution in [0.5, 0.6) is 0 Å². The van der Waals surface area contributed by atoms with Crippen LogP contribution < -0.4 is 5.90 Å². The van der Waals surface area contributed by atoms with Gasteiger partial charge in [0.1, 0.15) is 5.60 Å². The predicted molar refractivity (Wildman–Crippen MR) is 45.1 cm³/mol. The molecule has 11 heavy (non-hydrogen) atoms. The zero-order chi connectivity index (χ0) is 8.48. The third kappa shape index (κ3) is 1.77. The number of thiazole rings is 1. The van der Waals surface area contributed by atoms with E-state index in [0.29, 0.717) is 0 Å². The first-order valence-corrected chi connectivity index (χ1v) is 4.19. The minimum atomic E-state index is -0.411. The van der Waals surface area contributed by atoms with Crippen LogP contribution in [0.4, 0.5) is 0 Å². The molecule has 0 amide bonds. The molecule has 1 rings (SSSR count). The maximum atomic E-state index is 5.13. The molecule has 0 radical (unpaired) electrons. The van der Waals surface area contributed by atoms with E-state index in [-0.39, 0.29) is 0 Å². The van der Waals surface area contributed by atoms with E-state index in [4.69, 9.17) is 10.7 Å². The Morgan fingerprint density at radius 3 is 2.64 bits per heavy atom. The molecule has 4 heteroatoms. The Balaban J connectivity index is 2.92. The highest BCUT2D eigenvalue weighted by Gasteiger charge is 2.22. The fourth-order valence-electron chi connectivity index (χ4n) is 0.698. The van der Waals surface area contributed by atoms with Crippen LogP contribution in [-0.4, -0.2) is 4.98 Å². The summed E-state index contributed by atoms with van der Waals surface area (Å²) in [7, 11) is 0. The lowest BCUT2D eigenvalue weighted by Crippen LogP contribution is -2.23. The number of hydrogen-bond acceptors (Lipinski definition) is 4. The van der Waals surface area contributed by atoms with E-state index in [1.54, 1.807) is 17.5 Å². The minimum Gasteiger partial charge on any atom is -0.293 e. The third-order valence-electron chi connectivity index (χ3n) is 1.51. The summed E-state index contributed by atoms with van der Waals surface area (Å²) in [6, 6.07) is 0. The molecule has 0 aliphatic rings. The van der Waals surface area contributed by atoms with Gasteiger partial charge in [0.05, 0.1) is 9.88 Å². The SMILES string of the molecule is Cc1ncc(C(C)(C)ON)s1. The first-order chi connectivity index (χ1) is 5.06. The van der Waals surface area contributed by atoms with Crippen molar-refractivity contribution in [2.75, 3.05) is 0 Å². The van der Waals surface area contributed by atoms with Gasteiger partial charge in [-0.25, -0.2) is 10.9 Å². The van der Waals surface area contributed by atoms with E-state index in [0.717, 1.165) is 9.88 Å². The van der Waals surface area contributed by atoms with Crippen LogP contribution in [0.1, 0.15) is 23.7 Å². The summed E-state index contributed by atoms with van der Waals surface area (Å²) < 4.78 is 0. The summed E-state index contributed by atoms with van der Waals surface area (Å²) in [6.45, 7) is 5.79. The Morgan fingerprint density at radius 2 is 2.27 bits per heavy atom. The molecule has 0 spiro atoms. The van der Waals surface area contributed by atoms with E-state index in [1.807, 2.05) is 20.8 Å². The fraction of sp³-hybridized carbons (Fsp3) is 0.571. The monoisotopic (exact) mass is 172 g/mol. The van der Waals surface area contributed by atoms with E-state index < -0.39 is 5.60 Å². The molecule has 1 aromatic heterocycles. The Labute approximate surface area is 70.2 Å². The van der Waals surface area contributed by atoms with Gasteiger partial charge in [-0.3, -0.25) is 4.84 Å². The van der Waals surface area contributed by atoms with Crippen molar-refractivity contribution < 1.29 is 4.84 Å². The molecule has 0 bridgehead atoms. The molecular formula is C7H12N2OS. The van der Waals surface area contributed by atoms with Crippen LogP contribution >= 0.6 is 11.3 Å². The molecule has 0 atom stereocenters. The molecule has 1 heterocycles. The van der Waals surface area contributed by atoms with Gasteiger partial charge in [-0.05, 0) is 20.8 Å². The third-order valence-corrected chi connectivity index (χ3v) is 2.73. The first kappa shape index (κ1) is 8.64. The smallest absolute Gasteiger partial charge is 0.119 e. The van der Waals surface area contributed by atoms with Crippen molar-refractivity contribution in [1.29, 1.82) is 0 Å². The highest BCUT2D eigenvalue weighted by atomic mass is 32.1. The van der Waals surface area contributed by atoms with Gasteiger partial charge in [-0.2, -0.15) is 0 Å². The van der Waals surface area contributed by atoms with Crippen LogP contribution in [0, 0.1) is 6.92 Å². The Bertz CT molecular complexity index is 244.